The smallest absolute Gasteiger partial charge is 0.335 e. The first kappa shape index (κ1) is 48.2. The molecule has 2 aliphatic rings. The summed E-state index contributed by atoms with van der Waals surface area (Å²) in [4.78, 5) is 46.0. The van der Waals surface area contributed by atoms with E-state index in [2.05, 4.69) is 4.72 Å². The highest BCUT2D eigenvalue weighted by molar-refractivity contribution is 7.94. The van der Waals surface area contributed by atoms with Crippen LogP contribution in [-0.4, -0.2) is 75.4 Å². The zero-order chi connectivity index (χ0) is 41.5. The van der Waals surface area contributed by atoms with Crippen LogP contribution in [0.4, 0.5) is 20.2 Å². The van der Waals surface area contributed by atoms with Crippen LogP contribution in [0.2, 0.25) is 10.0 Å². The predicted octanol–water partition coefficient (Wildman–Crippen LogP) is 7.68. The summed E-state index contributed by atoms with van der Waals surface area (Å²) < 4.78 is 90.8. The summed E-state index contributed by atoms with van der Waals surface area (Å²) in [6.07, 6.45) is 5.81. The fraction of sp³-hybridized carbons (Fsp3) is 0.412. The van der Waals surface area contributed by atoms with Crippen molar-refractivity contribution < 1.29 is 54.3 Å². The summed E-state index contributed by atoms with van der Waals surface area (Å²) in [5, 5.41) is -3.14. The van der Waals surface area contributed by atoms with E-state index in [-0.39, 0.29) is 58.1 Å². The zero-order valence-electron chi connectivity index (χ0n) is 29.3. The third kappa shape index (κ3) is 13.9. The number of carbonyl (C=O) groups excluding carboxylic acids is 4. The third-order valence-corrected chi connectivity index (χ3v) is 12.8. The van der Waals surface area contributed by atoms with Crippen LogP contribution in [0.1, 0.15) is 52.4 Å². The number of amides is 1. The number of allylic oxidation sites excluding steroid dienone is 2. The standard InChI is InChI=1S/C17H18Cl2FNO5S.C15H17ClFNO4S.C2H2Cl2O/c1-2-26-17(23)12-5-3-4-6-15(12)27(24,25)21(16(22)10-18)14-8-7-11(20)9-13(14)19;1-2-22-15(19)11-5-3-4-6-14(11)23(20,21)18-13-8-7-10(17)9-12(13)16;3-1-2(4)5/h5,7-9,15H,2-4,6,10H2,1H3;5,7-9,14,18H,2-4,6H2,1H3;1H2. The number of sulfonamides is 2. The number of esters is 2. The molecule has 2 atom stereocenters. The maximum absolute atomic E-state index is 13.4. The third-order valence-electron chi connectivity index (χ3n) is 7.53. The molecular formula is C34H37Cl5F2N2O10S2. The van der Waals surface area contributed by atoms with Gasteiger partial charge in [0.2, 0.25) is 25.3 Å². The lowest BCUT2D eigenvalue weighted by atomic mass is 9.99. The lowest BCUT2D eigenvalue weighted by molar-refractivity contribution is -0.139. The van der Waals surface area contributed by atoms with Gasteiger partial charge in [-0.3, -0.25) is 14.3 Å². The van der Waals surface area contributed by atoms with E-state index >= 15 is 0 Å². The number of ether oxygens (including phenoxy) is 2. The molecule has 55 heavy (non-hydrogen) atoms. The number of anilines is 2. The molecule has 304 valence electrons. The first-order valence-corrected chi connectivity index (χ1v) is 21.6. The number of rotatable bonds is 12. The number of hydrogen-bond acceptors (Lipinski definition) is 10. The Morgan fingerprint density at radius 1 is 0.782 bits per heavy atom. The molecule has 0 aliphatic heterocycles. The molecule has 0 saturated carbocycles. The highest BCUT2D eigenvalue weighted by Gasteiger charge is 2.42. The number of halogens is 7. The Morgan fingerprint density at radius 3 is 1.71 bits per heavy atom. The normalized spacial score (nSPS) is 16.7. The van der Waals surface area contributed by atoms with E-state index in [0.717, 1.165) is 30.3 Å². The van der Waals surface area contributed by atoms with Crippen molar-refractivity contribution in [3.63, 3.8) is 0 Å². The summed E-state index contributed by atoms with van der Waals surface area (Å²) in [7, 11) is -8.32. The first-order chi connectivity index (χ1) is 25.9. The van der Waals surface area contributed by atoms with Crippen molar-refractivity contribution in [2.24, 2.45) is 0 Å². The topological polar surface area (TPSA) is 170 Å². The lowest BCUT2D eigenvalue weighted by Crippen LogP contribution is -2.46. The van der Waals surface area contributed by atoms with E-state index in [4.69, 9.17) is 67.5 Å². The van der Waals surface area contributed by atoms with Gasteiger partial charge >= 0.3 is 11.9 Å². The summed E-state index contributed by atoms with van der Waals surface area (Å²) >= 11 is 27.0. The molecule has 2 aromatic rings. The van der Waals surface area contributed by atoms with Crippen LogP contribution in [0.25, 0.3) is 0 Å². The second kappa shape index (κ2) is 22.7. The monoisotopic (exact) mass is 910 g/mol. The molecule has 0 saturated heterocycles. The largest absolute Gasteiger partial charge is 0.463 e. The van der Waals surface area contributed by atoms with Crippen molar-refractivity contribution >= 4 is 113 Å². The van der Waals surface area contributed by atoms with E-state index in [1.165, 1.54) is 12.1 Å². The van der Waals surface area contributed by atoms with Crippen molar-refractivity contribution in [1.82, 2.24) is 0 Å². The molecule has 0 bridgehead atoms. The maximum Gasteiger partial charge on any atom is 0.335 e. The Morgan fingerprint density at radius 2 is 1.25 bits per heavy atom. The van der Waals surface area contributed by atoms with Crippen LogP contribution in [0, 0.1) is 11.6 Å². The van der Waals surface area contributed by atoms with Crippen LogP contribution in [0.15, 0.2) is 59.7 Å². The van der Waals surface area contributed by atoms with Gasteiger partial charge in [0.25, 0.3) is 5.91 Å². The molecule has 1 amide bonds. The van der Waals surface area contributed by atoms with Gasteiger partial charge in [-0.15, -0.1) is 23.2 Å². The van der Waals surface area contributed by atoms with E-state index in [0.29, 0.717) is 36.4 Å². The van der Waals surface area contributed by atoms with Crippen LogP contribution in [-0.2, 0) is 48.7 Å². The number of alkyl halides is 2. The van der Waals surface area contributed by atoms with Gasteiger partial charge in [0, 0.05) is 0 Å². The Balaban J connectivity index is 0.000000342. The molecule has 0 fully saturated rings. The molecule has 0 spiro atoms. The van der Waals surface area contributed by atoms with Gasteiger partial charge in [-0.25, -0.2) is 39.5 Å². The SMILES string of the molecule is CCOC(=O)C1=CCCCC1S(=O)(=O)N(C(=O)CCl)c1ccc(F)cc1Cl.CCOC(=O)C1=CCCCC1S(=O)(=O)Nc1ccc(F)cc1Cl.O=C(Cl)CCl. The van der Waals surface area contributed by atoms with Crippen molar-refractivity contribution in [1.29, 1.82) is 0 Å². The Hall–Kier alpha value is -2.99. The summed E-state index contributed by atoms with van der Waals surface area (Å²) in [5.41, 5.74) is -0.0584. The van der Waals surface area contributed by atoms with Gasteiger partial charge < -0.3 is 9.47 Å². The van der Waals surface area contributed by atoms with Gasteiger partial charge in [0.1, 0.15) is 28.0 Å². The number of carbonyl (C=O) groups is 4. The minimum absolute atomic E-state index is 0.0336. The zero-order valence-corrected chi connectivity index (χ0v) is 34.7. The Bertz CT molecular complexity index is 2000. The van der Waals surface area contributed by atoms with E-state index < -0.39 is 71.1 Å². The molecule has 0 aromatic heterocycles. The van der Waals surface area contributed by atoms with Crippen molar-refractivity contribution in [3.05, 3.63) is 81.4 Å². The molecule has 2 aliphatic carbocycles. The molecule has 2 unspecified atom stereocenters. The van der Waals surface area contributed by atoms with Gasteiger partial charge in [0.15, 0.2) is 0 Å². The van der Waals surface area contributed by atoms with Crippen molar-refractivity contribution in [2.45, 2.75) is 62.9 Å². The van der Waals surface area contributed by atoms with Gasteiger partial charge in [-0.1, -0.05) is 35.4 Å². The quantitative estimate of drug-likeness (QED) is 0.127. The van der Waals surface area contributed by atoms with Crippen molar-refractivity contribution in [2.75, 3.05) is 34.0 Å². The number of benzene rings is 2. The molecule has 12 nitrogen and oxygen atoms in total. The number of hydrogen-bond donors (Lipinski definition) is 1. The number of nitrogens with one attached hydrogen (secondary N) is 1. The highest BCUT2D eigenvalue weighted by Crippen LogP contribution is 2.35. The Labute approximate surface area is 343 Å². The highest BCUT2D eigenvalue weighted by atomic mass is 35.5. The van der Waals surface area contributed by atoms with Crippen LogP contribution < -0.4 is 9.03 Å². The first-order valence-electron chi connectivity index (χ1n) is 16.4. The van der Waals surface area contributed by atoms with Crippen LogP contribution in [0.5, 0.6) is 0 Å². The van der Waals surface area contributed by atoms with E-state index in [1.807, 2.05) is 0 Å². The fourth-order valence-corrected chi connectivity index (χ4v) is 9.63. The van der Waals surface area contributed by atoms with Gasteiger partial charge in [-0.2, -0.15) is 0 Å². The molecule has 21 heteroatoms. The molecule has 4 rings (SSSR count). The molecule has 0 radical (unpaired) electrons. The van der Waals surface area contributed by atoms with Crippen LogP contribution >= 0.6 is 58.0 Å². The minimum Gasteiger partial charge on any atom is -0.463 e. The molecule has 0 heterocycles. The van der Waals surface area contributed by atoms with Crippen LogP contribution in [0.3, 0.4) is 0 Å². The van der Waals surface area contributed by atoms with Crippen molar-refractivity contribution in [3.8, 4) is 0 Å². The summed E-state index contributed by atoms with van der Waals surface area (Å²) in [6, 6.07) is 6.31. The summed E-state index contributed by atoms with van der Waals surface area (Å²) in [5.74, 6) is -4.34. The Kier molecular flexibility index (Phi) is 19.9. The van der Waals surface area contributed by atoms with E-state index in [1.54, 1.807) is 19.9 Å². The molecule has 1 N–H and O–H groups in total. The summed E-state index contributed by atoms with van der Waals surface area (Å²) in [6.45, 7) is 3.50. The second-order valence-corrected chi connectivity index (χ2v) is 16.9. The number of nitrogens with zero attached hydrogens (tertiary/aromatic N) is 1. The molecule has 2 aromatic carbocycles. The maximum atomic E-state index is 13.4. The lowest BCUT2D eigenvalue weighted by Gasteiger charge is -2.30. The van der Waals surface area contributed by atoms with E-state index in [9.17, 15) is 44.8 Å². The average Bonchev–Trinajstić information content (AvgIpc) is 3.14. The minimum atomic E-state index is -4.41. The predicted molar refractivity (Wildman–Crippen MR) is 209 cm³/mol. The average molecular weight is 913 g/mol. The molecular weight excluding hydrogens is 876 g/mol. The van der Waals surface area contributed by atoms with Gasteiger partial charge in [-0.05, 0) is 100 Å². The van der Waals surface area contributed by atoms with Gasteiger partial charge in [0.05, 0.1) is 51.7 Å². The second-order valence-electron chi connectivity index (χ2n) is 11.3. The fourth-order valence-electron chi connectivity index (χ4n) is 5.22.